The zero-order valence-corrected chi connectivity index (χ0v) is 10.6. The second kappa shape index (κ2) is 5.07. The van der Waals surface area contributed by atoms with Crippen LogP contribution in [0.2, 0.25) is 5.02 Å². The van der Waals surface area contributed by atoms with Crippen molar-refractivity contribution in [2.75, 3.05) is 6.54 Å². The van der Waals surface area contributed by atoms with Crippen molar-refractivity contribution in [2.24, 2.45) is 0 Å². The number of carbonyl (C=O) groups is 1. The number of likely N-dealkylation sites (tertiary alicyclic amines) is 1. The molecular weight excluding hydrogens is 238 g/mol. The van der Waals surface area contributed by atoms with Crippen molar-refractivity contribution in [3.8, 4) is 0 Å². The summed E-state index contributed by atoms with van der Waals surface area (Å²) in [6, 6.07) is 5.54. The van der Waals surface area contributed by atoms with Crippen LogP contribution in [0.1, 0.15) is 24.0 Å². The van der Waals surface area contributed by atoms with Crippen molar-refractivity contribution in [1.82, 2.24) is 4.90 Å². The summed E-state index contributed by atoms with van der Waals surface area (Å²) in [7, 11) is 0. The van der Waals surface area contributed by atoms with Crippen LogP contribution in [0.4, 0.5) is 0 Å². The predicted molar refractivity (Wildman–Crippen MR) is 67.3 cm³/mol. The number of aryl methyl sites for hydroxylation is 1. The van der Waals surface area contributed by atoms with E-state index in [1.807, 2.05) is 24.0 Å². The molecule has 1 heterocycles. The van der Waals surface area contributed by atoms with Gasteiger partial charge < -0.3 is 5.11 Å². The molecule has 1 saturated heterocycles. The highest BCUT2D eigenvalue weighted by Gasteiger charge is 2.30. The van der Waals surface area contributed by atoms with Crippen LogP contribution in [0.15, 0.2) is 18.2 Å². The molecular formula is C13H16ClNO2. The van der Waals surface area contributed by atoms with Crippen LogP contribution in [0.25, 0.3) is 0 Å². The van der Waals surface area contributed by atoms with Gasteiger partial charge in [-0.15, -0.1) is 0 Å². The van der Waals surface area contributed by atoms with E-state index in [1.165, 1.54) is 0 Å². The summed E-state index contributed by atoms with van der Waals surface area (Å²) in [4.78, 5) is 13.1. The van der Waals surface area contributed by atoms with Gasteiger partial charge in [0.1, 0.15) is 6.04 Å². The lowest BCUT2D eigenvalue weighted by Crippen LogP contribution is -2.35. The normalized spacial score (nSPS) is 20.7. The summed E-state index contributed by atoms with van der Waals surface area (Å²) in [5.74, 6) is -0.721. The Morgan fingerprint density at radius 3 is 2.94 bits per heavy atom. The Balaban J connectivity index is 2.12. The van der Waals surface area contributed by atoms with Gasteiger partial charge in [0.2, 0.25) is 0 Å². The minimum Gasteiger partial charge on any atom is -0.480 e. The van der Waals surface area contributed by atoms with Crippen LogP contribution in [0.5, 0.6) is 0 Å². The molecule has 0 spiro atoms. The van der Waals surface area contributed by atoms with Crippen LogP contribution < -0.4 is 0 Å². The smallest absolute Gasteiger partial charge is 0.320 e. The van der Waals surface area contributed by atoms with Gasteiger partial charge >= 0.3 is 5.97 Å². The molecule has 1 aromatic carbocycles. The average Bonchev–Trinajstić information content (AvgIpc) is 2.63. The van der Waals surface area contributed by atoms with E-state index in [-0.39, 0.29) is 6.04 Å². The molecule has 0 amide bonds. The molecule has 1 atom stereocenters. The molecule has 4 heteroatoms. The average molecular weight is 254 g/mol. The first-order valence-corrected chi connectivity index (χ1v) is 6.17. The van der Waals surface area contributed by atoms with Crippen molar-refractivity contribution in [2.45, 2.75) is 32.4 Å². The van der Waals surface area contributed by atoms with E-state index in [4.69, 9.17) is 16.7 Å². The molecule has 0 radical (unpaired) electrons. The van der Waals surface area contributed by atoms with E-state index in [2.05, 4.69) is 6.07 Å². The summed E-state index contributed by atoms with van der Waals surface area (Å²) < 4.78 is 0. The number of hydrogen-bond acceptors (Lipinski definition) is 2. The maximum Gasteiger partial charge on any atom is 0.320 e. The van der Waals surface area contributed by atoms with Gasteiger partial charge in [0, 0.05) is 11.6 Å². The molecule has 1 fully saturated rings. The number of rotatable bonds is 3. The van der Waals surface area contributed by atoms with E-state index < -0.39 is 5.97 Å². The Morgan fingerprint density at radius 1 is 1.53 bits per heavy atom. The van der Waals surface area contributed by atoms with Gasteiger partial charge in [-0.05, 0) is 49.6 Å². The molecule has 1 aromatic rings. The van der Waals surface area contributed by atoms with E-state index >= 15 is 0 Å². The van der Waals surface area contributed by atoms with Crippen molar-refractivity contribution in [3.63, 3.8) is 0 Å². The number of hydrogen-bond donors (Lipinski definition) is 1. The predicted octanol–water partition coefficient (Wildman–Crippen LogP) is 2.70. The van der Waals surface area contributed by atoms with Crippen LogP contribution in [-0.2, 0) is 11.3 Å². The molecule has 2 rings (SSSR count). The van der Waals surface area contributed by atoms with Crippen LogP contribution in [-0.4, -0.2) is 28.6 Å². The van der Waals surface area contributed by atoms with Gasteiger partial charge in [-0.25, -0.2) is 0 Å². The van der Waals surface area contributed by atoms with Gasteiger partial charge in [-0.3, -0.25) is 9.69 Å². The SMILES string of the molecule is Cc1cc(Cl)cc(CN2CCC[C@@H]2C(=O)O)c1. The largest absolute Gasteiger partial charge is 0.480 e. The summed E-state index contributed by atoms with van der Waals surface area (Å²) in [5, 5.41) is 9.82. The highest BCUT2D eigenvalue weighted by molar-refractivity contribution is 6.30. The van der Waals surface area contributed by atoms with Crippen molar-refractivity contribution >= 4 is 17.6 Å². The lowest BCUT2D eigenvalue weighted by Gasteiger charge is -2.21. The van der Waals surface area contributed by atoms with E-state index in [0.29, 0.717) is 11.6 Å². The number of aliphatic carboxylic acids is 1. The lowest BCUT2D eigenvalue weighted by atomic mass is 10.1. The van der Waals surface area contributed by atoms with Gasteiger partial charge in [-0.1, -0.05) is 17.7 Å². The van der Waals surface area contributed by atoms with E-state index in [1.54, 1.807) is 0 Å². The number of carboxylic acids is 1. The Hall–Kier alpha value is -1.06. The molecule has 1 aliphatic heterocycles. The quantitative estimate of drug-likeness (QED) is 0.901. The molecule has 17 heavy (non-hydrogen) atoms. The number of carboxylic acid groups (broad SMARTS) is 1. The van der Waals surface area contributed by atoms with Crippen LogP contribution >= 0.6 is 11.6 Å². The first kappa shape index (κ1) is 12.4. The van der Waals surface area contributed by atoms with Gasteiger partial charge in [0.05, 0.1) is 0 Å². The highest BCUT2D eigenvalue weighted by Crippen LogP contribution is 2.22. The highest BCUT2D eigenvalue weighted by atomic mass is 35.5. The summed E-state index contributed by atoms with van der Waals surface area (Å²) in [5.41, 5.74) is 2.20. The van der Waals surface area contributed by atoms with Crippen molar-refractivity contribution in [1.29, 1.82) is 0 Å². The molecule has 1 aliphatic rings. The number of benzene rings is 1. The molecule has 0 aliphatic carbocycles. The Kier molecular flexibility index (Phi) is 3.69. The van der Waals surface area contributed by atoms with E-state index in [9.17, 15) is 4.79 Å². The molecule has 0 aromatic heterocycles. The van der Waals surface area contributed by atoms with Crippen molar-refractivity contribution < 1.29 is 9.90 Å². The first-order valence-electron chi connectivity index (χ1n) is 5.79. The number of nitrogens with zero attached hydrogens (tertiary/aromatic N) is 1. The van der Waals surface area contributed by atoms with Gasteiger partial charge in [0.15, 0.2) is 0 Å². The molecule has 0 bridgehead atoms. The molecule has 3 nitrogen and oxygen atoms in total. The minimum absolute atomic E-state index is 0.339. The summed E-state index contributed by atoms with van der Waals surface area (Å²) in [6.07, 6.45) is 1.70. The van der Waals surface area contributed by atoms with Gasteiger partial charge in [0.25, 0.3) is 0 Å². The fourth-order valence-electron chi connectivity index (χ4n) is 2.43. The van der Waals surface area contributed by atoms with Crippen LogP contribution in [0.3, 0.4) is 0 Å². The molecule has 92 valence electrons. The Labute approximate surface area is 106 Å². The third-order valence-corrected chi connectivity index (χ3v) is 3.35. The minimum atomic E-state index is -0.721. The first-order chi connectivity index (χ1) is 8.06. The molecule has 0 unspecified atom stereocenters. The fourth-order valence-corrected chi connectivity index (χ4v) is 2.75. The fraction of sp³-hybridized carbons (Fsp3) is 0.462. The van der Waals surface area contributed by atoms with Crippen molar-refractivity contribution in [3.05, 3.63) is 34.3 Å². The second-order valence-corrected chi connectivity index (χ2v) is 5.04. The third kappa shape index (κ3) is 2.99. The maximum atomic E-state index is 11.1. The third-order valence-electron chi connectivity index (χ3n) is 3.14. The second-order valence-electron chi connectivity index (χ2n) is 4.60. The zero-order valence-electron chi connectivity index (χ0n) is 9.82. The molecule has 1 N–H and O–H groups in total. The Bertz CT molecular complexity index is 413. The topological polar surface area (TPSA) is 40.5 Å². The molecule has 0 saturated carbocycles. The monoisotopic (exact) mass is 253 g/mol. The summed E-state index contributed by atoms with van der Waals surface area (Å²) >= 11 is 6.00. The van der Waals surface area contributed by atoms with E-state index in [0.717, 1.165) is 30.5 Å². The number of halogens is 1. The summed E-state index contributed by atoms with van der Waals surface area (Å²) in [6.45, 7) is 3.51. The lowest BCUT2D eigenvalue weighted by molar-refractivity contribution is -0.142. The standard InChI is InChI=1S/C13H16ClNO2/c1-9-5-10(7-11(14)6-9)8-15-4-2-3-12(15)13(16)17/h5-7,12H,2-4,8H2,1H3,(H,16,17)/t12-/m1/s1. The van der Waals surface area contributed by atoms with Gasteiger partial charge in [-0.2, -0.15) is 0 Å². The maximum absolute atomic E-state index is 11.1. The van der Waals surface area contributed by atoms with Crippen LogP contribution in [0, 0.1) is 6.92 Å². The zero-order chi connectivity index (χ0) is 12.4. The Morgan fingerprint density at radius 2 is 2.29 bits per heavy atom.